The van der Waals surface area contributed by atoms with E-state index < -0.39 is 22.5 Å². The number of thioether (sulfide) groups is 1. The second-order valence-electron chi connectivity index (χ2n) is 6.19. The maximum Gasteiger partial charge on any atom is 0.332 e. The summed E-state index contributed by atoms with van der Waals surface area (Å²) in [6, 6.07) is 4.97. The molecule has 0 saturated carbocycles. The molecule has 0 bridgehead atoms. The monoisotopic (exact) mass is 442 g/mol. The van der Waals surface area contributed by atoms with Crippen molar-refractivity contribution in [3.63, 3.8) is 0 Å². The number of carboxylic acid groups (broad SMARTS) is 1. The van der Waals surface area contributed by atoms with Crippen LogP contribution in [0.15, 0.2) is 32.9 Å². The number of aryl methyl sites for hydroxylation is 1. The van der Waals surface area contributed by atoms with Crippen molar-refractivity contribution in [1.82, 2.24) is 18.7 Å². The highest BCUT2D eigenvalue weighted by Gasteiger charge is 2.23. The number of imidazole rings is 1. The Bertz CT molecular complexity index is 1210. The number of fused-ring (bicyclic) bond motifs is 1. The summed E-state index contributed by atoms with van der Waals surface area (Å²) in [6.45, 7) is 1.68. The van der Waals surface area contributed by atoms with Gasteiger partial charge in [-0.15, -0.1) is 0 Å². The van der Waals surface area contributed by atoms with Gasteiger partial charge in [-0.05, 0) is 24.6 Å². The zero-order valence-electron chi connectivity index (χ0n) is 15.1. The van der Waals surface area contributed by atoms with Crippen molar-refractivity contribution in [1.29, 1.82) is 0 Å². The molecule has 0 aliphatic carbocycles. The third-order valence-electron chi connectivity index (χ3n) is 4.29. The van der Waals surface area contributed by atoms with Crippen molar-refractivity contribution in [2.75, 3.05) is 0 Å². The molecular weight excluding hydrogens is 427 g/mol. The maximum absolute atomic E-state index is 12.8. The van der Waals surface area contributed by atoms with Crippen LogP contribution in [0.1, 0.15) is 12.5 Å². The van der Waals surface area contributed by atoms with E-state index in [9.17, 15) is 19.5 Å². The minimum absolute atomic E-state index is 0.161. The first-order valence-corrected chi connectivity index (χ1v) is 9.75. The Morgan fingerprint density at radius 2 is 1.93 bits per heavy atom. The minimum atomic E-state index is -1.02. The number of carbonyl (C=O) groups is 1. The molecule has 1 aromatic carbocycles. The average Bonchev–Trinajstić information content (AvgIpc) is 2.98. The molecule has 11 heteroatoms. The summed E-state index contributed by atoms with van der Waals surface area (Å²) in [5.74, 6) is -1.02. The zero-order chi connectivity index (χ0) is 20.7. The van der Waals surface area contributed by atoms with Gasteiger partial charge < -0.3 is 9.67 Å². The summed E-state index contributed by atoms with van der Waals surface area (Å²) in [4.78, 5) is 40.7. The Balaban J connectivity index is 2.29. The standard InChI is InChI=1S/C17H16Cl2N4O4S/c1-8(15(25)26)28-16-20-13-12(14(24)22(3)17(27)21(13)2)23(16)7-9-4-5-10(18)6-11(9)19/h4-6,8H,7H2,1-3H3,(H,25,26)/t8-/m0/s1. The van der Waals surface area contributed by atoms with Gasteiger partial charge >= 0.3 is 11.7 Å². The highest BCUT2D eigenvalue weighted by atomic mass is 35.5. The van der Waals surface area contributed by atoms with Crippen LogP contribution in [0.3, 0.4) is 0 Å². The summed E-state index contributed by atoms with van der Waals surface area (Å²) in [6.07, 6.45) is 0. The molecule has 0 aliphatic rings. The van der Waals surface area contributed by atoms with Gasteiger partial charge in [-0.25, -0.2) is 9.78 Å². The van der Waals surface area contributed by atoms with E-state index in [4.69, 9.17) is 23.2 Å². The Morgan fingerprint density at radius 1 is 1.25 bits per heavy atom. The second-order valence-corrected chi connectivity index (χ2v) is 8.34. The Morgan fingerprint density at radius 3 is 2.54 bits per heavy atom. The lowest BCUT2D eigenvalue weighted by Crippen LogP contribution is -2.37. The van der Waals surface area contributed by atoms with Crippen LogP contribution in [0.2, 0.25) is 10.0 Å². The predicted molar refractivity (Wildman–Crippen MR) is 109 cm³/mol. The van der Waals surface area contributed by atoms with E-state index in [1.54, 1.807) is 22.8 Å². The summed E-state index contributed by atoms with van der Waals surface area (Å²) in [7, 11) is 2.88. The van der Waals surface area contributed by atoms with E-state index in [0.29, 0.717) is 20.8 Å². The number of carboxylic acids is 1. The summed E-state index contributed by atoms with van der Waals surface area (Å²) >= 11 is 13.2. The van der Waals surface area contributed by atoms with E-state index in [-0.39, 0.29) is 17.7 Å². The highest BCUT2D eigenvalue weighted by molar-refractivity contribution is 8.00. The number of rotatable bonds is 5. The first-order chi connectivity index (χ1) is 13.1. The summed E-state index contributed by atoms with van der Waals surface area (Å²) < 4.78 is 3.82. The van der Waals surface area contributed by atoms with Crippen molar-refractivity contribution < 1.29 is 9.90 Å². The van der Waals surface area contributed by atoms with Gasteiger partial charge in [0.15, 0.2) is 16.3 Å². The highest BCUT2D eigenvalue weighted by Crippen LogP contribution is 2.29. The molecule has 2 heterocycles. The predicted octanol–water partition coefficient (Wildman–Crippen LogP) is 2.35. The molecule has 8 nitrogen and oxygen atoms in total. The van der Waals surface area contributed by atoms with E-state index in [2.05, 4.69) is 4.98 Å². The minimum Gasteiger partial charge on any atom is -0.480 e. The fraction of sp³-hybridized carbons (Fsp3) is 0.294. The number of hydrogen-bond acceptors (Lipinski definition) is 5. The molecule has 0 saturated heterocycles. The largest absolute Gasteiger partial charge is 0.480 e. The van der Waals surface area contributed by atoms with Crippen molar-refractivity contribution in [2.45, 2.75) is 23.9 Å². The number of benzene rings is 1. The van der Waals surface area contributed by atoms with Crippen molar-refractivity contribution >= 4 is 52.1 Å². The smallest absolute Gasteiger partial charge is 0.332 e. The molecule has 0 fully saturated rings. The van der Waals surface area contributed by atoms with Gasteiger partial charge in [-0.3, -0.25) is 18.7 Å². The third kappa shape index (κ3) is 3.57. The normalized spacial score (nSPS) is 12.5. The van der Waals surface area contributed by atoms with Crippen LogP contribution < -0.4 is 11.2 Å². The fourth-order valence-corrected chi connectivity index (χ4v) is 4.00. The van der Waals surface area contributed by atoms with Crippen LogP contribution in [0, 0.1) is 0 Å². The summed E-state index contributed by atoms with van der Waals surface area (Å²) in [5, 5.41) is 9.62. The van der Waals surface area contributed by atoms with Crippen LogP contribution >= 0.6 is 35.0 Å². The van der Waals surface area contributed by atoms with Gasteiger partial charge in [0.2, 0.25) is 0 Å². The molecule has 2 aromatic heterocycles. The van der Waals surface area contributed by atoms with Crippen molar-refractivity contribution in [2.24, 2.45) is 14.1 Å². The van der Waals surface area contributed by atoms with E-state index >= 15 is 0 Å². The van der Waals surface area contributed by atoms with Gasteiger partial charge in [0.05, 0.1) is 6.54 Å². The number of halogens is 2. The molecule has 0 aliphatic heterocycles. The lowest BCUT2D eigenvalue weighted by Gasteiger charge is -2.12. The number of aliphatic carboxylic acids is 1. The van der Waals surface area contributed by atoms with Crippen LogP contribution in [0.5, 0.6) is 0 Å². The molecule has 1 atom stereocenters. The second kappa shape index (κ2) is 7.65. The SMILES string of the molecule is C[C@H](Sc1nc2c(c(=O)n(C)c(=O)n2C)n1Cc1ccc(Cl)cc1Cl)C(=O)O. The summed E-state index contributed by atoms with van der Waals surface area (Å²) in [5.41, 5.74) is 0.0000958. The topological polar surface area (TPSA) is 99.1 Å². The maximum atomic E-state index is 12.8. The van der Waals surface area contributed by atoms with E-state index in [1.807, 2.05) is 0 Å². The van der Waals surface area contributed by atoms with E-state index in [0.717, 1.165) is 16.3 Å². The Labute approximate surface area is 173 Å². The Kier molecular flexibility index (Phi) is 5.60. The average molecular weight is 443 g/mol. The van der Waals surface area contributed by atoms with Crippen molar-refractivity contribution in [3.8, 4) is 0 Å². The molecule has 0 unspecified atom stereocenters. The van der Waals surface area contributed by atoms with E-state index in [1.165, 1.54) is 25.6 Å². The molecule has 0 radical (unpaired) electrons. The number of hydrogen-bond donors (Lipinski definition) is 1. The zero-order valence-corrected chi connectivity index (χ0v) is 17.5. The van der Waals surface area contributed by atoms with Crippen LogP contribution in [-0.2, 0) is 25.4 Å². The number of aromatic nitrogens is 4. The molecular formula is C17H16Cl2N4O4S. The molecule has 1 N–H and O–H groups in total. The molecule has 3 aromatic rings. The Hall–Kier alpha value is -2.23. The van der Waals surface area contributed by atoms with Crippen molar-refractivity contribution in [3.05, 3.63) is 54.6 Å². The lowest BCUT2D eigenvalue weighted by molar-refractivity contribution is -0.136. The molecule has 148 valence electrons. The first kappa shape index (κ1) is 20.5. The number of nitrogens with zero attached hydrogens (tertiary/aromatic N) is 4. The fourth-order valence-electron chi connectivity index (χ4n) is 2.69. The van der Waals surface area contributed by atoms with Crippen LogP contribution in [0.4, 0.5) is 0 Å². The molecule has 0 amide bonds. The van der Waals surface area contributed by atoms with Crippen LogP contribution in [0.25, 0.3) is 11.2 Å². The van der Waals surface area contributed by atoms with Gasteiger partial charge in [0.1, 0.15) is 5.25 Å². The quantitative estimate of drug-likeness (QED) is 0.608. The molecule has 3 rings (SSSR count). The first-order valence-electron chi connectivity index (χ1n) is 8.11. The van der Waals surface area contributed by atoms with Gasteiger partial charge in [0.25, 0.3) is 5.56 Å². The van der Waals surface area contributed by atoms with Crippen LogP contribution in [-0.4, -0.2) is 35.0 Å². The third-order valence-corrected chi connectivity index (χ3v) is 5.95. The van der Waals surface area contributed by atoms with Gasteiger partial charge in [0, 0.05) is 24.1 Å². The van der Waals surface area contributed by atoms with Gasteiger partial charge in [-0.1, -0.05) is 41.0 Å². The lowest BCUT2D eigenvalue weighted by atomic mass is 10.2. The molecule has 28 heavy (non-hydrogen) atoms. The van der Waals surface area contributed by atoms with Gasteiger partial charge in [-0.2, -0.15) is 0 Å². The molecule has 0 spiro atoms.